The quantitative estimate of drug-likeness (QED) is 0.854. The molecule has 3 nitrogen and oxygen atoms in total. The van der Waals surface area contributed by atoms with Crippen LogP contribution in [0, 0.1) is 0 Å². The van der Waals surface area contributed by atoms with E-state index in [2.05, 4.69) is 12.1 Å². The molecule has 1 aromatic rings. The molecule has 92 valence electrons. The second kappa shape index (κ2) is 4.22. The van der Waals surface area contributed by atoms with Crippen LogP contribution in [0.1, 0.15) is 37.7 Å². The molecule has 3 rings (SSSR count). The highest BCUT2D eigenvalue weighted by molar-refractivity contribution is 5.46. The standard InChI is InChI=1S/C14H19NO2/c15-9-6-11-4-5-12-13(10-11)17-14(16-12)7-2-1-3-8-14/h4-5,10H,1-3,6-9,15H2. The summed E-state index contributed by atoms with van der Waals surface area (Å²) in [7, 11) is 0. The van der Waals surface area contributed by atoms with Crippen LogP contribution in [0.3, 0.4) is 0 Å². The first-order valence-corrected chi connectivity index (χ1v) is 6.52. The molecule has 1 saturated carbocycles. The van der Waals surface area contributed by atoms with Gasteiger partial charge in [0.1, 0.15) is 0 Å². The normalized spacial score (nSPS) is 20.8. The Labute approximate surface area is 102 Å². The van der Waals surface area contributed by atoms with Gasteiger partial charge in [0.15, 0.2) is 11.5 Å². The van der Waals surface area contributed by atoms with Crippen molar-refractivity contribution in [2.24, 2.45) is 5.73 Å². The van der Waals surface area contributed by atoms with Gasteiger partial charge in [0.05, 0.1) is 0 Å². The van der Waals surface area contributed by atoms with E-state index in [4.69, 9.17) is 15.2 Å². The molecule has 1 aliphatic heterocycles. The van der Waals surface area contributed by atoms with Gasteiger partial charge in [-0.25, -0.2) is 0 Å². The maximum atomic E-state index is 6.06. The molecule has 1 heterocycles. The van der Waals surface area contributed by atoms with Crippen molar-refractivity contribution in [1.29, 1.82) is 0 Å². The van der Waals surface area contributed by atoms with Crippen LogP contribution in [0.4, 0.5) is 0 Å². The predicted octanol–water partition coefficient (Wildman–Crippen LogP) is 2.62. The lowest BCUT2D eigenvalue weighted by molar-refractivity contribution is -0.105. The maximum Gasteiger partial charge on any atom is 0.251 e. The van der Waals surface area contributed by atoms with Crippen molar-refractivity contribution >= 4 is 0 Å². The number of ether oxygens (including phenoxy) is 2. The molecule has 0 bridgehead atoms. The summed E-state index contributed by atoms with van der Waals surface area (Å²) >= 11 is 0. The molecule has 1 aromatic carbocycles. The summed E-state index contributed by atoms with van der Waals surface area (Å²) in [5, 5.41) is 0. The minimum absolute atomic E-state index is 0.359. The van der Waals surface area contributed by atoms with Gasteiger partial charge in [0.2, 0.25) is 0 Å². The van der Waals surface area contributed by atoms with E-state index in [0.29, 0.717) is 6.54 Å². The summed E-state index contributed by atoms with van der Waals surface area (Å²) in [6.07, 6.45) is 6.60. The zero-order chi connectivity index (χ0) is 11.7. The summed E-state index contributed by atoms with van der Waals surface area (Å²) in [6, 6.07) is 6.17. The second-order valence-electron chi connectivity index (χ2n) is 5.00. The van der Waals surface area contributed by atoms with E-state index in [0.717, 1.165) is 30.8 Å². The Kier molecular flexibility index (Phi) is 2.71. The van der Waals surface area contributed by atoms with E-state index in [1.165, 1.54) is 24.8 Å². The monoisotopic (exact) mass is 233 g/mol. The van der Waals surface area contributed by atoms with Gasteiger partial charge in [-0.2, -0.15) is 0 Å². The molecule has 1 fully saturated rings. The fourth-order valence-electron chi connectivity index (χ4n) is 2.75. The van der Waals surface area contributed by atoms with E-state index in [9.17, 15) is 0 Å². The highest BCUT2D eigenvalue weighted by Gasteiger charge is 2.42. The molecule has 1 spiro atoms. The number of nitrogens with two attached hydrogens (primary N) is 1. The van der Waals surface area contributed by atoms with Gasteiger partial charge < -0.3 is 15.2 Å². The minimum atomic E-state index is -0.359. The number of rotatable bonds is 2. The lowest BCUT2D eigenvalue weighted by Crippen LogP contribution is -2.40. The number of hydrogen-bond acceptors (Lipinski definition) is 3. The van der Waals surface area contributed by atoms with Crippen molar-refractivity contribution in [2.45, 2.75) is 44.3 Å². The van der Waals surface area contributed by atoms with Crippen LogP contribution >= 0.6 is 0 Å². The average molecular weight is 233 g/mol. The van der Waals surface area contributed by atoms with Crippen molar-refractivity contribution in [3.63, 3.8) is 0 Å². The molecule has 0 aromatic heterocycles. The molecule has 0 amide bonds. The summed E-state index contributed by atoms with van der Waals surface area (Å²) < 4.78 is 12.1. The number of benzene rings is 1. The van der Waals surface area contributed by atoms with Crippen LogP contribution in [0.15, 0.2) is 18.2 Å². The first-order chi connectivity index (χ1) is 8.31. The molecule has 0 saturated heterocycles. The fraction of sp³-hybridized carbons (Fsp3) is 0.571. The Morgan fingerprint density at radius 3 is 2.59 bits per heavy atom. The average Bonchev–Trinajstić information content (AvgIpc) is 2.67. The molecule has 0 radical (unpaired) electrons. The van der Waals surface area contributed by atoms with E-state index < -0.39 is 0 Å². The van der Waals surface area contributed by atoms with Gasteiger partial charge in [0, 0.05) is 12.8 Å². The Balaban J connectivity index is 1.82. The predicted molar refractivity (Wildman–Crippen MR) is 66.3 cm³/mol. The van der Waals surface area contributed by atoms with Gasteiger partial charge in [-0.3, -0.25) is 0 Å². The van der Waals surface area contributed by atoms with Crippen LogP contribution in [-0.2, 0) is 6.42 Å². The topological polar surface area (TPSA) is 44.5 Å². The van der Waals surface area contributed by atoms with Gasteiger partial charge in [-0.05, 0) is 43.5 Å². The van der Waals surface area contributed by atoms with Crippen molar-refractivity contribution in [3.8, 4) is 11.5 Å². The van der Waals surface area contributed by atoms with Gasteiger partial charge in [-0.15, -0.1) is 0 Å². The highest BCUT2D eigenvalue weighted by atomic mass is 16.7. The number of fused-ring (bicyclic) bond motifs is 1. The molecule has 17 heavy (non-hydrogen) atoms. The Morgan fingerprint density at radius 1 is 1.06 bits per heavy atom. The zero-order valence-corrected chi connectivity index (χ0v) is 10.1. The van der Waals surface area contributed by atoms with Crippen LogP contribution in [0.25, 0.3) is 0 Å². The van der Waals surface area contributed by atoms with Crippen LogP contribution < -0.4 is 15.2 Å². The Hall–Kier alpha value is -1.22. The molecule has 0 atom stereocenters. The van der Waals surface area contributed by atoms with Crippen LogP contribution in [0.5, 0.6) is 11.5 Å². The molecule has 3 heteroatoms. The van der Waals surface area contributed by atoms with Gasteiger partial charge in [-0.1, -0.05) is 12.5 Å². The second-order valence-corrected chi connectivity index (χ2v) is 5.00. The summed E-state index contributed by atoms with van der Waals surface area (Å²) in [5.74, 6) is 1.44. The third-order valence-electron chi connectivity index (χ3n) is 3.65. The fourth-order valence-corrected chi connectivity index (χ4v) is 2.75. The molecule has 2 aliphatic rings. The first kappa shape index (κ1) is 10.9. The molecular formula is C14H19NO2. The Morgan fingerprint density at radius 2 is 1.82 bits per heavy atom. The van der Waals surface area contributed by atoms with Gasteiger partial charge >= 0.3 is 0 Å². The van der Waals surface area contributed by atoms with Crippen LogP contribution in [-0.4, -0.2) is 12.3 Å². The van der Waals surface area contributed by atoms with E-state index in [1.807, 2.05) is 6.07 Å². The van der Waals surface area contributed by atoms with E-state index in [-0.39, 0.29) is 5.79 Å². The largest absolute Gasteiger partial charge is 0.448 e. The lowest BCUT2D eigenvalue weighted by atomic mass is 9.94. The summed E-state index contributed by atoms with van der Waals surface area (Å²) in [4.78, 5) is 0. The molecule has 0 unspecified atom stereocenters. The maximum absolute atomic E-state index is 6.06. The molecule has 1 aliphatic carbocycles. The van der Waals surface area contributed by atoms with Crippen molar-refractivity contribution in [1.82, 2.24) is 0 Å². The first-order valence-electron chi connectivity index (χ1n) is 6.52. The van der Waals surface area contributed by atoms with Crippen molar-refractivity contribution in [3.05, 3.63) is 23.8 Å². The summed E-state index contributed by atoms with van der Waals surface area (Å²) in [5.41, 5.74) is 6.79. The van der Waals surface area contributed by atoms with Crippen LogP contribution in [0.2, 0.25) is 0 Å². The molecule has 2 N–H and O–H groups in total. The summed E-state index contributed by atoms with van der Waals surface area (Å²) in [6.45, 7) is 0.671. The number of hydrogen-bond donors (Lipinski definition) is 1. The minimum Gasteiger partial charge on any atom is -0.448 e. The van der Waals surface area contributed by atoms with E-state index >= 15 is 0 Å². The van der Waals surface area contributed by atoms with Crippen molar-refractivity contribution < 1.29 is 9.47 Å². The highest BCUT2D eigenvalue weighted by Crippen LogP contribution is 2.45. The SMILES string of the molecule is NCCc1ccc2c(c1)OC1(CCCCC1)O2. The third kappa shape index (κ3) is 2.00. The lowest BCUT2D eigenvalue weighted by Gasteiger charge is -2.31. The van der Waals surface area contributed by atoms with E-state index in [1.54, 1.807) is 0 Å². The smallest absolute Gasteiger partial charge is 0.251 e. The zero-order valence-electron chi connectivity index (χ0n) is 10.1. The molecular weight excluding hydrogens is 214 g/mol. The van der Waals surface area contributed by atoms with Crippen molar-refractivity contribution in [2.75, 3.05) is 6.54 Å². The third-order valence-corrected chi connectivity index (χ3v) is 3.65. The van der Waals surface area contributed by atoms with Gasteiger partial charge in [0.25, 0.3) is 5.79 Å². The Bertz CT molecular complexity index is 411.